The summed E-state index contributed by atoms with van der Waals surface area (Å²) in [5.74, 6) is -0.0376. The maximum atomic E-state index is 12.3. The van der Waals surface area contributed by atoms with Crippen molar-refractivity contribution in [3.8, 4) is 0 Å². The number of benzene rings is 1. The van der Waals surface area contributed by atoms with Crippen molar-refractivity contribution in [1.82, 2.24) is 10.2 Å². The van der Waals surface area contributed by atoms with Crippen molar-refractivity contribution >= 4 is 22.8 Å². The van der Waals surface area contributed by atoms with E-state index in [1.54, 1.807) is 18.1 Å². The molecule has 1 fully saturated rings. The number of nitrogens with one attached hydrogen (secondary N) is 1. The molecule has 1 aliphatic heterocycles. The first-order valence-electron chi connectivity index (χ1n) is 8.69. The first-order valence-corrected chi connectivity index (χ1v) is 8.69. The van der Waals surface area contributed by atoms with Crippen LogP contribution in [0, 0.1) is 0 Å². The quantitative estimate of drug-likeness (QED) is 0.899. The van der Waals surface area contributed by atoms with Gasteiger partial charge in [-0.1, -0.05) is 13.0 Å². The Labute approximate surface area is 147 Å². The average molecular weight is 344 g/mol. The summed E-state index contributed by atoms with van der Waals surface area (Å²) in [5, 5.41) is 3.89. The zero-order valence-electron chi connectivity index (χ0n) is 14.7. The first kappa shape index (κ1) is 17.5. The molecule has 0 saturated carbocycles. The summed E-state index contributed by atoms with van der Waals surface area (Å²) in [6.45, 7) is 5.69. The summed E-state index contributed by atoms with van der Waals surface area (Å²) in [7, 11) is 0. The fourth-order valence-corrected chi connectivity index (χ4v) is 3.08. The van der Waals surface area contributed by atoms with Gasteiger partial charge in [-0.15, -0.1) is 0 Å². The third kappa shape index (κ3) is 4.20. The monoisotopic (exact) mass is 344 g/mol. The number of hydrogen-bond acceptors (Lipinski definition) is 4. The zero-order valence-corrected chi connectivity index (χ0v) is 14.7. The second-order valence-corrected chi connectivity index (χ2v) is 6.38. The van der Waals surface area contributed by atoms with E-state index in [0.29, 0.717) is 26.2 Å². The molecule has 1 aromatic heterocycles. The molecule has 1 unspecified atom stereocenters. The number of nitrogens with zero attached hydrogens (tertiary/aromatic N) is 1. The van der Waals surface area contributed by atoms with Gasteiger partial charge in [-0.25, -0.2) is 0 Å². The van der Waals surface area contributed by atoms with Gasteiger partial charge in [0, 0.05) is 37.5 Å². The second kappa shape index (κ2) is 7.70. The lowest BCUT2D eigenvalue weighted by Gasteiger charge is -2.32. The van der Waals surface area contributed by atoms with Crippen LogP contribution in [0.3, 0.4) is 0 Å². The van der Waals surface area contributed by atoms with Gasteiger partial charge in [0.05, 0.1) is 25.4 Å². The summed E-state index contributed by atoms with van der Waals surface area (Å²) in [5.41, 5.74) is 2.90. The maximum absolute atomic E-state index is 12.3. The fraction of sp³-hybridized carbons (Fsp3) is 0.474. The molecule has 1 atom stereocenters. The normalized spacial score (nSPS) is 17.7. The van der Waals surface area contributed by atoms with Gasteiger partial charge in [0.2, 0.25) is 11.8 Å². The van der Waals surface area contributed by atoms with Gasteiger partial charge in [0.1, 0.15) is 5.58 Å². The van der Waals surface area contributed by atoms with Gasteiger partial charge >= 0.3 is 0 Å². The standard InChI is InChI=1S/C19H24N2O4/c1-3-14-4-5-18-17(8-14)15(12-25-18)9-19(23)20-10-16-11-21(13(2)22)6-7-24-16/h4-5,8,12,16H,3,6-7,9-11H2,1-2H3,(H,20,23). The Morgan fingerprint density at radius 1 is 1.36 bits per heavy atom. The molecule has 134 valence electrons. The van der Waals surface area contributed by atoms with Crippen molar-refractivity contribution in [1.29, 1.82) is 0 Å². The average Bonchev–Trinajstić information content (AvgIpc) is 3.02. The number of ether oxygens (including phenoxy) is 1. The number of carbonyl (C=O) groups is 2. The molecule has 1 N–H and O–H groups in total. The predicted molar refractivity (Wildman–Crippen MR) is 94.3 cm³/mol. The molecule has 1 saturated heterocycles. The summed E-state index contributed by atoms with van der Waals surface area (Å²) < 4.78 is 11.2. The Bertz CT molecular complexity index is 768. The number of fused-ring (bicyclic) bond motifs is 1. The second-order valence-electron chi connectivity index (χ2n) is 6.38. The number of amides is 2. The molecule has 2 aromatic rings. The molecule has 1 aromatic carbocycles. The largest absolute Gasteiger partial charge is 0.464 e. The number of carbonyl (C=O) groups excluding carboxylic acids is 2. The highest BCUT2D eigenvalue weighted by Crippen LogP contribution is 2.23. The van der Waals surface area contributed by atoms with E-state index in [1.807, 2.05) is 12.1 Å². The van der Waals surface area contributed by atoms with E-state index in [0.717, 1.165) is 23.0 Å². The Kier molecular flexibility index (Phi) is 5.38. The minimum Gasteiger partial charge on any atom is -0.464 e. The van der Waals surface area contributed by atoms with E-state index in [4.69, 9.17) is 9.15 Å². The highest BCUT2D eigenvalue weighted by Gasteiger charge is 2.22. The van der Waals surface area contributed by atoms with Crippen LogP contribution in [0.2, 0.25) is 0 Å². The molecule has 0 spiro atoms. The minimum atomic E-state index is -0.158. The number of hydrogen-bond donors (Lipinski definition) is 1. The third-order valence-electron chi connectivity index (χ3n) is 4.59. The molecule has 6 nitrogen and oxygen atoms in total. The lowest BCUT2D eigenvalue weighted by Crippen LogP contribution is -2.49. The van der Waals surface area contributed by atoms with E-state index in [2.05, 4.69) is 18.3 Å². The third-order valence-corrected chi connectivity index (χ3v) is 4.59. The van der Waals surface area contributed by atoms with Gasteiger partial charge < -0.3 is 19.4 Å². The predicted octanol–water partition coefficient (Wildman–Crippen LogP) is 1.90. The van der Waals surface area contributed by atoms with E-state index in [1.165, 1.54) is 5.56 Å². The molecule has 1 aliphatic rings. The van der Waals surface area contributed by atoms with Crippen molar-refractivity contribution in [3.05, 3.63) is 35.6 Å². The van der Waals surface area contributed by atoms with Crippen LogP contribution < -0.4 is 5.32 Å². The van der Waals surface area contributed by atoms with E-state index < -0.39 is 0 Å². The molecule has 6 heteroatoms. The molecule has 2 amide bonds. The summed E-state index contributed by atoms with van der Waals surface area (Å²) in [6, 6.07) is 6.06. The van der Waals surface area contributed by atoms with Gasteiger partial charge in [0.15, 0.2) is 0 Å². The Morgan fingerprint density at radius 2 is 2.20 bits per heavy atom. The van der Waals surface area contributed by atoms with Crippen LogP contribution in [0.4, 0.5) is 0 Å². The summed E-state index contributed by atoms with van der Waals surface area (Å²) in [4.78, 5) is 25.5. The van der Waals surface area contributed by atoms with Gasteiger partial charge in [0.25, 0.3) is 0 Å². The number of aryl methyl sites for hydroxylation is 1. The van der Waals surface area contributed by atoms with Gasteiger partial charge in [-0.2, -0.15) is 0 Å². The van der Waals surface area contributed by atoms with Crippen LogP contribution in [-0.2, 0) is 27.2 Å². The fourth-order valence-electron chi connectivity index (χ4n) is 3.08. The topological polar surface area (TPSA) is 71.8 Å². The molecule has 0 radical (unpaired) electrons. The molecule has 25 heavy (non-hydrogen) atoms. The highest BCUT2D eigenvalue weighted by molar-refractivity contribution is 5.88. The molecular weight excluding hydrogens is 320 g/mol. The zero-order chi connectivity index (χ0) is 17.8. The smallest absolute Gasteiger partial charge is 0.224 e. The van der Waals surface area contributed by atoms with Crippen LogP contribution >= 0.6 is 0 Å². The van der Waals surface area contributed by atoms with Crippen molar-refractivity contribution in [2.75, 3.05) is 26.2 Å². The van der Waals surface area contributed by atoms with Crippen LogP contribution in [-0.4, -0.2) is 49.1 Å². The van der Waals surface area contributed by atoms with Crippen LogP contribution in [0.5, 0.6) is 0 Å². The number of morpholine rings is 1. The van der Waals surface area contributed by atoms with Crippen LogP contribution in [0.1, 0.15) is 25.0 Å². The van der Waals surface area contributed by atoms with Crippen molar-refractivity contribution in [2.24, 2.45) is 0 Å². The van der Waals surface area contributed by atoms with E-state index in [9.17, 15) is 9.59 Å². The first-order chi connectivity index (χ1) is 12.1. The van der Waals surface area contributed by atoms with E-state index in [-0.39, 0.29) is 24.3 Å². The SMILES string of the molecule is CCc1ccc2occ(CC(=O)NCC3CN(C(C)=O)CCO3)c2c1. The van der Waals surface area contributed by atoms with Crippen LogP contribution in [0.15, 0.2) is 28.9 Å². The molecule has 2 heterocycles. The highest BCUT2D eigenvalue weighted by atomic mass is 16.5. The van der Waals surface area contributed by atoms with Gasteiger partial charge in [-0.05, 0) is 24.1 Å². The van der Waals surface area contributed by atoms with Crippen molar-refractivity contribution in [3.63, 3.8) is 0 Å². The van der Waals surface area contributed by atoms with E-state index >= 15 is 0 Å². The molecule has 3 rings (SSSR count). The lowest BCUT2D eigenvalue weighted by molar-refractivity contribution is -0.136. The van der Waals surface area contributed by atoms with Crippen LogP contribution in [0.25, 0.3) is 11.0 Å². The summed E-state index contributed by atoms with van der Waals surface area (Å²) >= 11 is 0. The molecule has 0 aliphatic carbocycles. The number of furan rings is 1. The molecular formula is C19H24N2O4. The Balaban J connectivity index is 1.57. The van der Waals surface area contributed by atoms with Crippen molar-refractivity contribution < 1.29 is 18.7 Å². The molecule has 0 bridgehead atoms. The minimum absolute atomic E-state index is 0.0382. The number of rotatable bonds is 5. The Hall–Kier alpha value is -2.34. The summed E-state index contributed by atoms with van der Waals surface area (Å²) in [6.07, 6.45) is 2.70. The maximum Gasteiger partial charge on any atom is 0.224 e. The van der Waals surface area contributed by atoms with Crippen molar-refractivity contribution in [2.45, 2.75) is 32.8 Å². The Morgan fingerprint density at radius 3 is 2.96 bits per heavy atom. The lowest BCUT2D eigenvalue weighted by atomic mass is 10.1. The van der Waals surface area contributed by atoms with Gasteiger partial charge in [-0.3, -0.25) is 9.59 Å².